The Labute approximate surface area is 152 Å². The SMILES string of the molecule is Cc1ccc(Oc2ncnc(Nc3cccc(Br)c3)c2[N+](=O)[O-])cc1. The molecule has 126 valence electrons. The number of nitro groups is 1. The number of nitrogens with one attached hydrogen (secondary N) is 1. The van der Waals surface area contributed by atoms with Crippen molar-refractivity contribution in [2.45, 2.75) is 6.92 Å². The Morgan fingerprint density at radius 1 is 1.16 bits per heavy atom. The van der Waals surface area contributed by atoms with Gasteiger partial charge < -0.3 is 10.1 Å². The number of hydrogen-bond acceptors (Lipinski definition) is 6. The third-order valence-electron chi connectivity index (χ3n) is 3.29. The summed E-state index contributed by atoms with van der Waals surface area (Å²) in [6, 6.07) is 14.4. The standard InChI is InChI=1S/C17H13BrN4O3/c1-11-5-7-14(8-6-11)25-17-15(22(23)24)16(19-10-20-17)21-13-4-2-3-12(18)9-13/h2-10H,1H3,(H,19,20,21). The molecule has 0 aliphatic heterocycles. The van der Waals surface area contributed by atoms with Crippen LogP contribution in [-0.4, -0.2) is 14.9 Å². The van der Waals surface area contributed by atoms with Gasteiger partial charge >= 0.3 is 11.6 Å². The van der Waals surface area contributed by atoms with Gasteiger partial charge in [-0.3, -0.25) is 10.1 Å². The molecular formula is C17H13BrN4O3. The highest BCUT2D eigenvalue weighted by Gasteiger charge is 2.25. The Balaban J connectivity index is 1.96. The number of nitrogens with zero attached hydrogens (tertiary/aromatic N) is 3. The van der Waals surface area contributed by atoms with Gasteiger partial charge in [0.25, 0.3) is 0 Å². The largest absolute Gasteiger partial charge is 0.434 e. The molecule has 3 rings (SSSR count). The van der Waals surface area contributed by atoms with E-state index < -0.39 is 4.92 Å². The second kappa shape index (κ2) is 7.27. The minimum Gasteiger partial charge on any atom is -0.434 e. The topological polar surface area (TPSA) is 90.2 Å². The minimum atomic E-state index is -0.566. The van der Waals surface area contributed by atoms with Crippen molar-refractivity contribution in [3.8, 4) is 11.6 Å². The number of aryl methyl sites for hydroxylation is 1. The second-order valence-electron chi connectivity index (χ2n) is 5.18. The van der Waals surface area contributed by atoms with Crippen molar-refractivity contribution >= 4 is 33.1 Å². The van der Waals surface area contributed by atoms with Crippen LogP contribution in [-0.2, 0) is 0 Å². The lowest BCUT2D eigenvalue weighted by Crippen LogP contribution is -2.03. The van der Waals surface area contributed by atoms with E-state index in [0.717, 1.165) is 10.0 Å². The monoisotopic (exact) mass is 400 g/mol. The molecule has 1 N–H and O–H groups in total. The van der Waals surface area contributed by atoms with Gasteiger partial charge in [-0.25, -0.2) is 4.98 Å². The fourth-order valence-electron chi connectivity index (χ4n) is 2.11. The van der Waals surface area contributed by atoms with Gasteiger partial charge in [0, 0.05) is 10.2 Å². The van der Waals surface area contributed by atoms with Crippen LogP contribution in [0.2, 0.25) is 0 Å². The molecule has 25 heavy (non-hydrogen) atoms. The third kappa shape index (κ3) is 4.10. The molecule has 0 atom stereocenters. The van der Waals surface area contributed by atoms with Gasteiger partial charge in [0.05, 0.1) is 4.92 Å². The summed E-state index contributed by atoms with van der Waals surface area (Å²) in [4.78, 5) is 18.9. The van der Waals surface area contributed by atoms with Gasteiger partial charge in [0.15, 0.2) is 0 Å². The first-order valence-corrected chi connectivity index (χ1v) is 8.09. The predicted molar refractivity (Wildman–Crippen MR) is 97.4 cm³/mol. The second-order valence-corrected chi connectivity index (χ2v) is 6.10. The summed E-state index contributed by atoms with van der Waals surface area (Å²) in [5, 5.41) is 14.5. The van der Waals surface area contributed by atoms with E-state index in [9.17, 15) is 10.1 Å². The number of rotatable bonds is 5. The lowest BCUT2D eigenvalue weighted by Gasteiger charge is -2.09. The summed E-state index contributed by atoms with van der Waals surface area (Å²) < 4.78 is 6.42. The van der Waals surface area contributed by atoms with Gasteiger partial charge in [-0.1, -0.05) is 39.7 Å². The molecule has 0 aliphatic rings. The van der Waals surface area contributed by atoms with Crippen LogP contribution in [0.3, 0.4) is 0 Å². The van der Waals surface area contributed by atoms with Crippen molar-refractivity contribution in [3.05, 3.63) is 75.0 Å². The number of benzene rings is 2. The summed E-state index contributed by atoms with van der Waals surface area (Å²) in [6.07, 6.45) is 1.22. The van der Waals surface area contributed by atoms with Gasteiger partial charge in [0.2, 0.25) is 5.82 Å². The highest BCUT2D eigenvalue weighted by atomic mass is 79.9. The molecule has 0 radical (unpaired) electrons. The summed E-state index contributed by atoms with van der Waals surface area (Å²) in [5.74, 6) is 0.391. The lowest BCUT2D eigenvalue weighted by molar-refractivity contribution is -0.385. The average molecular weight is 401 g/mol. The molecule has 1 aromatic heterocycles. The lowest BCUT2D eigenvalue weighted by atomic mass is 10.2. The van der Waals surface area contributed by atoms with Crippen LogP contribution in [0.4, 0.5) is 17.2 Å². The summed E-state index contributed by atoms with van der Waals surface area (Å²) in [6.45, 7) is 1.94. The van der Waals surface area contributed by atoms with Crippen LogP contribution in [0.5, 0.6) is 11.6 Å². The molecular weight excluding hydrogens is 388 g/mol. The van der Waals surface area contributed by atoms with Crippen molar-refractivity contribution in [1.29, 1.82) is 0 Å². The van der Waals surface area contributed by atoms with Crippen molar-refractivity contribution in [1.82, 2.24) is 9.97 Å². The molecule has 0 unspecified atom stereocenters. The quantitative estimate of drug-likeness (QED) is 0.479. The van der Waals surface area contributed by atoms with Crippen LogP contribution < -0.4 is 10.1 Å². The van der Waals surface area contributed by atoms with Gasteiger partial charge in [-0.05, 0) is 37.3 Å². The third-order valence-corrected chi connectivity index (χ3v) is 3.79. The minimum absolute atomic E-state index is 0.0558. The Morgan fingerprint density at radius 2 is 1.92 bits per heavy atom. The van der Waals surface area contributed by atoms with Crippen LogP contribution in [0.1, 0.15) is 5.56 Å². The summed E-state index contributed by atoms with van der Waals surface area (Å²) >= 11 is 3.36. The number of anilines is 2. The van der Waals surface area contributed by atoms with Crippen LogP contribution in [0, 0.1) is 17.0 Å². The van der Waals surface area contributed by atoms with Gasteiger partial charge in [-0.2, -0.15) is 4.98 Å². The zero-order valence-corrected chi connectivity index (χ0v) is 14.7. The molecule has 3 aromatic rings. The number of ether oxygens (including phenoxy) is 1. The number of halogens is 1. The van der Waals surface area contributed by atoms with E-state index in [4.69, 9.17) is 4.74 Å². The first-order valence-electron chi connectivity index (χ1n) is 7.29. The Hall–Kier alpha value is -3.00. The van der Waals surface area contributed by atoms with E-state index in [-0.39, 0.29) is 17.4 Å². The van der Waals surface area contributed by atoms with E-state index in [0.29, 0.717) is 11.4 Å². The highest BCUT2D eigenvalue weighted by molar-refractivity contribution is 9.10. The molecule has 0 aliphatic carbocycles. The van der Waals surface area contributed by atoms with Crippen molar-refractivity contribution in [2.24, 2.45) is 0 Å². The Morgan fingerprint density at radius 3 is 2.60 bits per heavy atom. The summed E-state index contributed by atoms with van der Waals surface area (Å²) in [7, 11) is 0. The number of hydrogen-bond donors (Lipinski definition) is 1. The Bertz CT molecular complexity index is 916. The molecule has 0 bridgehead atoms. The number of aromatic nitrogens is 2. The van der Waals surface area contributed by atoms with Gasteiger partial charge in [-0.15, -0.1) is 0 Å². The Kier molecular flexibility index (Phi) is 4.90. The molecule has 7 nitrogen and oxygen atoms in total. The fourth-order valence-corrected chi connectivity index (χ4v) is 2.51. The average Bonchev–Trinajstić information content (AvgIpc) is 2.57. The van der Waals surface area contributed by atoms with E-state index in [1.54, 1.807) is 24.3 Å². The van der Waals surface area contributed by atoms with E-state index in [1.807, 2.05) is 31.2 Å². The molecule has 1 heterocycles. The molecule has 0 fully saturated rings. The van der Waals surface area contributed by atoms with Crippen molar-refractivity contribution in [3.63, 3.8) is 0 Å². The maximum absolute atomic E-state index is 11.5. The fraction of sp³-hybridized carbons (Fsp3) is 0.0588. The molecule has 0 spiro atoms. The van der Waals surface area contributed by atoms with Crippen LogP contribution in [0.25, 0.3) is 0 Å². The normalized spacial score (nSPS) is 10.3. The van der Waals surface area contributed by atoms with E-state index in [1.165, 1.54) is 6.33 Å². The van der Waals surface area contributed by atoms with Gasteiger partial charge in [0.1, 0.15) is 12.1 Å². The van der Waals surface area contributed by atoms with Crippen molar-refractivity contribution in [2.75, 3.05) is 5.32 Å². The zero-order chi connectivity index (χ0) is 17.8. The van der Waals surface area contributed by atoms with Crippen LogP contribution in [0.15, 0.2) is 59.3 Å². The van der Waals surface area contributed by atoms with E-state index >= 15 is 0 Å². The smallest absolute Gasteiger partial charge is 0.373 e. The van der Waals surface area contributed by atoms with E-state index in [2.05, 4.69) is 31.2 Å². The molecule has 8 heteroatoms. The first-order chi connectivity index (χ1) is 12.0. The summed E-state index contributed by atoms with van der Waals surface area (Å²) in [5.41, 5.74) is 1.38. The highest BCUT2D eigenvalue weighted by Crippen LogP contribution is 2.35. The zero-order valence-electron chi connectivity index (χ0n) is 13.1. The molecule has 2 aromatic carbocycles. The first kappa shape index (κ1) is 16.8. The molecule has 0 saturated heterocycles. The van der Waals surface area contributed by atoms with Crippen molar-refractivity contribution < 1.29 is 9.66 Å². The maximum Gasteiger partial charge on any atom is 0.373 e. The maximum atomic E-state index is 11.5. The van der Waals surface area contributed by atoms with Crippen LogP contribution >= 0.6 is 15.9 Å². The molecule has 0 amide bonds. The molecule has 0 saturated carbocycles. The predicted octanol–water partition coefficient (Wildman–Crippen LogP) is 4.99.